The molecule has 0 radical (unpaired) electrons. The molecule has 2 fully saturated rings. The second kappa shape index (κ2) is 7.03. The molecule has 1 saturated heterocycles. The fraction of sp³-hybridized carbons (Fsp3) is 0.500. The Labute approximate surface area is 140 Å². The molecule has 128 valence electrons. The van der Waals surface area contributed by atoms with Gasteiger partial charge >= 0.3 is 5.97 Å². The number of nitrogens with zero attached hydrogens (tertiary/aromatic N) is 1. The molecule has 1 aromatic carbocycles. The van der Waals surface area contributed by atoms with Gasteiger partial charge in [0.1, 0.15) is 11.5 Å². The first-order valence-corrected chi connectivity index (χ1v) is 8.30. The standard InChI is InChI=1S/C18H21NO5/c1-23-12-6-8-13(9-7-12)24-16(20)10-11-19-17(21)14-4-2-3-5-15(14)18(19)22/h6-9,14-15H,2-5,10-11H2,1H3/t14-,15+. The van der Waals surface area contributed by atoms with Crippen LogP contribution in [0.1, 0.15) is 32.1 Å². The molecular weight excluding hydrogens is 310 g/mol. The van der Waals surface area contributed by atoms with Crippen molar-refractivity contribution in [1.82, 2.24) is 4.90 Å². The molecule has 2 amide bonds. The minimum Gasteiger partial charge on any atom is -0.497 e. The zero-order valence-corrected chi connectivity index (χ0v) is 13.7. The van der Waals surface area contributed by atoms with Crippen LogP contribution in [0.25, 0.3) is 0 Å². The van der Waals surface area contributed by atoms with E-state index in [0.29, 0.717) is 11.5 Å². The predicted molar refractivity (Wildman–Crippen MR) is 85.4 cm³/mol. The lowest BCUT2D eigenvalue weighted by atomic mass is 9.81. The van der Waals surface area contributed by atoms with Gasteiger partial charge in [-0.05, 0) is 37.1 Å². The van der Waals surface area contributed by atoms with Crippen LogP contribution in [0.2, 0.25) is 0 Å². The lowest BCUT2D eigenvalue weighted by molar-refractivity contribution is -0.141. The molecule has 1 aromatic rings. The Morgan fingerprint density at radius 1 is 1.04 bits per heavy atom. The third-order valence-electron chi connectivity index (χ3n) is 4.76. The second-order valence-electron chi connectivity index (χ2n) is 6.23. The van der Waals surface area contributed by atoms with Gasteiger partial charge in [0.2, 0.25) is 11.8 Å². The van der Waals surface area contributed by atoms with E-state index in [1.165, 1.54) is 4.90 Å². The Kier molecular flexibility index (Phi) is 4.83. The van der Waals surface area contributed by atoms with E-state index in [1.807, 2.05) is 0 Å². The van der Waals surface area contributed by atoms with Crippen LogP contribution in [0.4, 0.5) is 0 Å². The van der Waals surface area contributed by atoms with Crippen molar-refractivity contribution in [3.05, 3.63) is 24.3 Å². The van der Waals surface area contributed by atoms with Gasteiger partial charge in [-0.15, -0.1) is 0 Å². The molecule has 1 aliphatic heterocycles. The lowest BCUT2D eigenvalue weighted by Gasteiger charge is -2.19. The van der Waals surface area contributed by atoms with Crippen molar-refractivity contribution in [2.45, 2.75) is 32.1 Å². The first kappa shape index (κ1) is 16.5. The Morgan fingerprint density at radius 3 is 2.12 bits per heavy atom. The molecule has 6 nitrogen and oxygen atoms in total. The smallest absolute Gasteiger partial charge is 0.312 e. The number of hydrogen-bond donors (Lipinski definition) is 0. The van der Waals surface area contributed by atoms with Crippen molar-refractivity contribution in [2.75, 3.05) is 13.7 Å². The van der Waals surface area contributed by atoms with Crippen molar-refractivity contribution >= 4 is 17.8 Å². The molecule has 0 bridgehead atoms. The number of amides is 2. The van der Waals surface area contributed by atoms with E-state index in [1.54, 1.807) is 31.4 Å². The first-order chi connectivity index (χ1) is 11.6. The SMILES string of the molecule is COc1ccc(OC(=O)CCN2C(=O)[C@H]3CCCC[C@H]3C2=O)cc1. The highest BCUT2D eigenvalue weighted by atomic mass is 16.5. The van der Waals surface area contributed by atoms with E-state index in [2.05, 4.69) is 0 Å². The first-order valence-electron chi connectivity index (χ1n) is 8.30. The molecule has 24 heavy (non-hydrogen) atoms. The number of carbonyl (C=O) groups is 3. The number of carbonyl (C=O) groups excluding carboxylic acids is 3. The number of esters is 1. The second-order valence-corrected chi connectivity index (χ2v) is 6.23. The lowest BCUT2D eigenvalue weighted by Crippen LogP contribution is -2.33. The van der Waals surface area contributed by atoms with Crippen LogP contribution in [0.5, 0.6) is 11.5 Å². The van der Waals surface area contributed by atoms with Crippen LogP contribution in [-0.2, 0) is 14.4 Å². The summed E-state index contributed by atoms with van der Waals surface area (Å²) in [4.78, 5) is 37.9. The number of imide groups is 1. The summed E-state index contributed by atoms with van der Waals surface area (Å²) in [6.45, 7) is 0.0969. The van der Waals surface area contributed by atoms with E-state index >= 15 is 0 Å². The van der Waals surface area contributed by atoms with E-state index in [4.69, 9.17) is 9.47 Å². The predicted octanol–water partition coefficient (Wildman–Crippen LogP) is 2.17. The van der Waals surface area contributed by atoms with Crippen molar-refractivity contribution in [2.24, 2.45) is 11.8 Å². The molecule has 2 aliphatic rings. The summed E-state index contributed by atoms with van der Waals surface area (Å²) in [6, 6.07) is 6.66. The number of fused-ring (bicyclic) bond motifs is 1. The Hall–Kier alpha value is -2.37. The van der Waals surface area contributed by atoms with E-state index < -0.39 is 5.97 Å². The molecule has 6 heteroatoms. The minimum atomic E-state index is -0.462. The summed E-state index contributed by atoms with van der Waals surface area (Å²) < 4.78 is 10.3. The number of hydrogen-bond acceptors (Lipinski definition) is 5. The number of ether oxygens (including phenoxy) is 2. The van der Waals surface area contributed by atoms with Crippen LogP contribution < -0.4 is 9.47 Å². The number of rotatable bonds is 5. The molecule has 0 unspecified atom stereocenters. The molecule has 2 atom stereocenters. The fourth-order valence-electron chi connectivity index (χ4n) is 3.48. The molecular formula is C18H21NO5. The third-order valence-corrected chi connectivity index (χ3v) is 4.76. The highest BCUT2D eigenvalue weighted by Gasteiger charge is 2.47. The average Bonchev–Trinajstić information content (AvgIpc) is 2.85. The van der Waals surface area contributed by atoms with Crippen LogP contribution in [0.15, 0.2) is 24.3 Å². The minimum absolute atomic E-state index is 0.00293. The number of likely N-dealkylation sites (tertiary alicyclic amines) is 1. The van der Waals surface area contributed by atoms with Gasteiger partial charge in [0.15, 0.2) is 0 Å². The largest absolute Gasteiger partial charge is 0.497 e. The Balaban J connectivity index is 1.54. The topological polar surface area (TPSA) is 72.9 Å². The number of methoxy groups -OCH3 is 1. The molecule has 3 rings (SSSR count). The van der Waals surface area contributed by atoms with Crippen LogP contribution in [0.3, 0.4) is 0 Å². The van der Waals surface area contributed by atoms with Gasteiger partial charge in [-0.25, -0.2) is 0 Å². The average molecular weight is 331 g/mol. The van der Waals surface area contributed by atoms with Crippen LogP contribution >= 0.6 is 0 Å². The van der Waals surface area contributed by atoms with Crippen molar-refractivity contribution in [1.29, 1.82) is 0 Å². The van der Waals surface area contributed by atoms with Crippen molar-refractivity contribution in [3.63, 3.8) is 0 Å². The maximum atomic E-state index is 12.3. The molecule has 1 saturated carbocycles. The quantitative estimate of drug-likeness (QED) is 0.470. The van der Waals surface area contributed by atoms with Crippen LogP contribution in [-0.4, -0.2) is 36.3 Å². The fourth-order valence-corrected chi connectivity index (χ4v) is 3.48. The monoisotopic (exact) mass is 331 g/mol. The third kappa shape index (κ3) is 3.27. The van der Waals surface area contributed by atoms with Gasteiger partial charge in [0, 0.05) is 6.54 Å². The highest BCUT2D eigenvalue weighted by Crippen LogP contribution is 2.37. The molecule has 0 aromatic heterocycles. The zero-order valence-electron chi connectivity index (χ0n) is 13.7. The molecule has 0 spiro atoms. The summed E-state index contributed by atoms with van der Waals surface area (Å²) in [5.74, 6) is 0.0199. The number of benzene rings is 1. The zero-order chi connectivity index (χ0) is 17.1. The molecule has 0 N–H and O–H groups in total. The summed E-state index contributed by atoms with van der Waals surface area (Å²) in [5.41, 5.74) is 0. The van der Waals surface area contributed by atoms with Gasteiger partial charge in [-0.1, -0.05) is 12.8 Å². The van der Waals surface area contributed by atoms with Crippen molar-refractivity contribution in [3.8, 4) is 11.5 Å². The molecule has 1 heterocycles. The van der Waals surface area contributed by atoms with Crippen molar-refractivity contribution < 1.29 is 23.9 Å². The van der Waals surface area contributed by atoms with Gasteiger partial charge in [-0.2, -0.15) is 0 Å². The normalized spacial score (nSPS) is 23.1. The highest BCUT2D eigenvalue weighted by molar-refractivity contribution is 6.05. The van der Waals surface area contributed by atoms with Gasteiger partial charge < -0.3 is 9.47 Å². The van der Waals surface area contributed by atoms with Gasteiger partial charge in [0.05, 0.1) is 25.4 Å². The maximum Gasteiger partial charge on any atom is 0.312 e. The van der Waals surface area contributed by atoms with Crippen LogP contribution in [0, 0.1) is 11.8 Å². The van der Waals surface area contributed by atoms with E-state index in [9.17, 15) is 14.4 Å². The van der Waals surface area contributed by atoms with Gasteiger partial charge in [-0.3, -0.25) is 19.3 Å². The Morgan fingerprint density at radius 2 is 1.58 bits per heavy atom. The Bertz CT molecular complexity index is 615. The summed E-state index contributed by atoms with van der Waals surface area (Å²) in [6.07, 6.45) is 3.55. The van der Waals surface area contributed by atoms with Gasteiger partial charge in [0.25, 0.3) is 0 Å². The molecule has 1 aliphatic carbocycles. The summed E-state index contributed by atoms with van der Waals surface area (Å²) in [7, 11) is 1.56. The summed E-state index contributed by atoms with van der Waals surface area (Å²) in [5, 5.41) is 0. The maximum absolute atomic E-state index is 12.3. The van der Waals surface area contributed by atoms with E-state index in [-0.39, 0.29) is 36.6 Å². The van der Waals surface area contributed by atoms with E-state index in [0.717, 1.165) is 25.7 Å². The summed E-state index contributed by atoms with van der Waals surface area (Å²) >= 11 is 0.